The summed E-state index contributed by atoms with van der Waals surface area (Å²) in [6.45, 7) is 2.81. The largest absolute Gasteiger partial charge is 0.335 e. The quantitative estimate of drug-likeness (QED) is 0.563. The molecule has 0 spiro atoms. The van der Waals surface area contributed by atoms with E-state index in [1.807, 2.05) is 6.92 Å². The first-order valence-corrected chi connectivity index (χ1v) is 4.17. The molecule has 0 rings (SSSR count). The minimum Gasteiger partial charge on any atom is -0.335 e. The van der Waals surface area contributed by atoms with Gasteiger partial charge in [-0.3, -0.25) is 4.79 Å². The van der Waals surface area contributed by atoms with Gasteiger partial charge in [0, 0.05) is 6.54 Å². The molecule has 0 aliphatic rings. The molecule has 0 unspecified atom stereocenters. The average molecular weight is 172 g/mol. The van der Waals surface area contributed by atoms with Crippen molar-refractivity contribution in [3.8, 4) is 0 Å². The van der Waals surface area contributed by atoms with Crippen molar-refractivity contribution < 1.29 is 9.59 Å². The Morgan fingerprint density at radius 2 is 2.25 bits per heavy atom. The average Bonchev–Trinajstić information content (AvgIpc) is 2.11. The van der Waals surface area contributed by atoms with E-state index < -0.39 is 0 Å². The van der Waals surface area contributed by atoms with Gasteiger partial charge >= 0.3 is 0 Å². The topological polar surface area (TPSA) is 63.4 Å². The van der Waals surface area contributed by atoms with E-state index in [9.17, 15) is 9.59 Å². The summed E-state index contributed by atoms with van der Waals surface area (Å²) in [5.74, 6) is -0.157. The van der Waals surface area contributed by atoms with Gasteiger partial charge in [-0.25, -0.2) is 0 Å². The minimum absolute atomic E-state index is 0.0163. The molecule has 0 aromatic carbocycles. The lowest BCUT2D eigenvalue weighted by Gasteiger charge is -2.18. The Bertz CT molecular complexity index is 148. The zero-order valence-corrected chi connectivity index (χ0v) is 7.45. The molecule has 70 valence electrons. The van der Waals surface area contributed by atoms with Crippen LogP contribution in [0.4, 0.5) is 0 Å². The predicted molar refractivity (Wildman–Crippen MR) is 46.6 cm³/mol. The molecule has 0 bridgehead atoms. The molecule has 0 saturated carbocycles. The SMILES string of the molecule is CCCCN(CC=O)C(=O)CN. The van der Waals surface area contributed by atoms with Gasteiger partial charge in [0.05, 0.1) is 13.1 Å². The van der Waals surface area contributed by atoms with E-state index in [2.05, 4.69) is 0 Å². The van der Waals surface area contributed by atoms with Crippen LogP contribution >= 0.6 is 0 Å². The number of carbonyl (C=O) groups excluding carboxylic acids is 2. The van der Waals surface area contributed by atoms with Crippen molar-refractivity contribution in [3.63, 3.8) is 0 Å². The van der Waals surface area contributed by atoms with Gasteiger partial charge in [0.25, 0.3) is 0 Å². The van der Waals surface area contributed by atoms with E-state index in [1.165, 1.54) is 4.90 Å². The zero-order valence-electron chi connectivity index (χ0n) is 7.45. The number of hydrogen-bond donors (Lipinski definition) is 1. The molecule has 4 nitrogen and oxygen atoms in total. The second-order valence-corrected chi connectivity index (χ2v) is 2.56. The predicted octanol–water partition coefficient (Wildman–Crippen LogP) is -0.227. The van der Waals surface area contributed by atoms with E-state index >= 15 is 0 Å². The third-order valence-corrected chi connectivity index (χ3v) is 1.60. The fourth-order valence-electron chi connectivity index (χ4n) is 0.886. The van der Waals surface area contributed by atoms with E-state index in [0.29, 0.717) is 6.54 Å². The van der Waals surface area contributed by atoms with E-state index in [-0.39, 0.29) is 19.0 Å². The molecule has 0 atom stereocenters. The van der Waals surface area contributed by atoms with Crippen molar-refractivity contribution in [1.82, 2.24) is 4.90 Å². The molecule has 0 radical (unpaired) electrons. The number of nitrogens with two attached hydrogens (primary N) is 1. The molecule has 0 saturated heterocycles. The van der Waals surface area contributed by atoms with Crippen LogP contribution in [0, 0.1) is 0 Å². The number of aldehydes is 1. The fraction of sp³-hybridized carbons (Fsp3) is 0.750. The first-order chi connectivity index (χ1) is 5.76. The molecule has 1 amide bonds. The molecule has 0 aromatic rings. The molecule has 0 aliphatic carbocycles. The van der Waals surface area contributed by atoms with Crippen molar-refractivity contribution in [2.45, 2.75) is 19.8 Å². The van der Waals surface area contributed by atoms with Crippen LogP contribution in [-0.4, -0.2) is 36.7 Å². The van der Waals surface area contributed by atoms with Crippen molar-refractivity contribution >= 4 is 12.2 Å². The second kappa shape index (κ2) is 6.79. The van der Waals surface area contributed by atoms with Crippen molar-refractivity contribution in [1.29, 1.82) is 0 Å². The number of hydrogen-bond acceptors (Lipinski definition) is 3. The third-order valence-electron chi connectivity index (χ3n) is 1.60. The first kappa shape index (κ1) is 11.1. The summed E-state index contributed by atoms with van der Waals surface area (Å²) in [4.78, 5) is 22.7. The molecule has 2 N–H and O–H groups in total. The van der Waals surface area contributed by atoms with Crippen molar-refractivity contribution in [3.05, 3.63) is 0 Å². The summed E-state index contributed by atoms with van der Waals surface area (Å²) < 4.78 is 0. The van der Waals surface area contributed by atoms with Gasteiger partial charge in [-0.05, 0) is 6.42 Å². The summed E-state index contributed by atoms with van der Waals surface area (Å²) in [6.07, 6.45) is 2.65. The summed E-state index contributed by atoms with van der Waals surface area (Å²) >= 11 is 0. The van der Waals surface area contributed by atoms with E-state index in [0.717, 1.165) is 19.1 Å². The monoisotopic (exact) mass is 172 g/mol. The van der Waals surface area contributed by atoms with Crippen LogP contribution in [0.5, 0.6) is 0 Å². The number of unbranched alkanes of at least 4 members (excludes halogenated alkanes) is 1. The maximum Gasteiger partial charge on any atom is 0.236 e. The number of carbonyl (C=O) groups is 2. The van der Waals surface area contributed by atoms with Crippen molar-refractivity contribution in [2.75, 3.05) is 19.6 Å². The minimum atomic E-state index is -0.157. The lowest BCUT2D eigenvalue weighted by atomic mass is 10.3. The smallest absolute Gasteiger partial charge is 0.236 e. The van der Waals surface area contributed by atoms with Gasteiger partial charge in [-0.2, -0.15) is 0 Å². The third kappa shape index (κ3) is 4.08. The van der Waals surface area contributed by atoms with Gasteiger partial charge in [-0.15, -0.1) is 0 Å². The summed E-state index contributed by atoms with van der Waals surface area (Å²) in [7, 11) is 0. The van der Waals surface area contributed by atoms with Crippen LogP contribution in [0.25, 0.3) is 0 Å². The molecule has 4 heteroatoms. The number of rotatable bonds is 6. The lowest BCUT2D eigenvalue weighted by Crippen LogP contribution is -2.37. The molecular formula is C8H16N2O2. The Labute approximate surface area is 72.7 Å². The van der Waals surface area contributed by atoms with Crippen LogP contribution < -0.4 is 5.73 Å². The van der Waals surface area contributed by atoms with Crippen LogP contribution in [0.1, 0.15) is 19.8 Å². The second-order valence-electron chi connectivity index (χ2n) is 2.56. The maximum atomic E-state index is 11.0. The van der Waals surface area contributed by atoms with Gasteiger partial charge < -0.3 is 15.4 Å². The van der Waals surface area contributed by atoms with E-state index in [1.54, 1.807) is 0 Å². The van der Waals surface area contributed by atoms with Crippen molar-refractivity contribution in [2.24, 2.45) is 5.73 Å². The zero-order chi connectivity index (χ0) is 9.40. The highest BCUT2D eigenvalue weighted by atomic mass is 16.2. The van der Waals surface area contributed by atoms with Crippen LogP contribution in [0.2, 0.25) is 0 Å². The Hall–Kier alpha value is -0.900. The molecule has 0 fully saturated rings. The maximum absolute atomic E-state index is 11.0. The molecular weight excluding hydrogens is 156 g/mol. The van der Waals surface area contributed by atoms with Gasteiger partial charge in [0.15, 0.2) is 0 Å². The number of amides is 1. The summed E-state index contributed by atoms with van der Waals surface area (Å²) in [6, 6.07) is 0. The molecule has 0 heterocycles. The van der Waals surface area contributed by atoms with Crippen LogP contribution in [0.3, 0.4) is 0 Å². The standard InChI is InChI=1S/C8H16N2O2/c1-2-3-4-10(5-6-11)8(12)7-9/h6H,2-5,7,9H2,1H3. The Kier molecular flexibility index (Phi) is 6.28. The van der Waals surface area contributed by atoms with Crippen LogP contribution in [-0.2, 0) is 9.59 Å². The highest BCUT2D eigenvalue weighted by molar-refractivity contribution is 5.80. The molecule has 12 heavy (non-hydrogen) atoms. The Morgan fingerprint density at radius 3 is 2.67 bits per heavy atom. The highest BCUT2D eigenvalue weighted by Crippen LogP contribution is 1.93. The molecule has 0 aliphatic heterocycles. The summed E-state index contributed by atoms with van der Waals surface area (Å²) in [5, 5.41) is 0. The van der Waals surface area contributed by atoms with Crippen LogP contribution in [0.15, 0.2) is 0 Å². The fourth-order valence-corrected chi connectivity index (χ4v) is 0.886. The molecule has 0 aromatic heterocycles. The highest BCUT2D eigenvalue weighted by Gasteiger charge is 2.09. The number of nitrogens with zero attached hydrogens (tertiary/aromatic N) is 1. The van der Waals surface area contributed by atoms with E-state index in [4.69, 9.17) is 5.73 Å². The summed E-state index contributed by atoms with van der Waals surface area (Å²) in [5.41, 5.74) is 5.17. The Morgan fingerprint density at radius 1 is 1.58 bits per heavy atom. The van der Waals surface area contributed by atoms with Gasteiger partial charge in [0.2, 0.25) is 5.91 Å². The normalized spacial score (nSPS) is 9.50. The van der Waals surface area contributed by atoms with Gasteiger partial charge in [0.1, 0.15) is 6.29 Å². The van der Waals surface area contributed by atoms with Gasteiger partial charge in [-0.1, -0.05) is 13.3 Å². The lowest BCUT2D eigenvalue weighted by molar-refractivity contribution is -0.131. The Balaban J connectivity index is 3.84. The first-order valence-electron chi connectivity index (χ1n) is 4.17.